The zero-order valence-corrected chi connectivity index (χ0v) is 34.4. The molecule has 2 aliphatic rings. The molecule has 3 aromatic heterocycles. The van der Waals surface area contributed by atoms with Crippen LogP contribution in [0, 0.1) is 6.92 Å². The van der Waals surface area contributed by atoms with E-state index in [1.54, 1.807) is 12.1 Å². The molecule has 1 unspecified atom stereocenters. The number of hydrogen-bond donors (Lipinski definition) is 3. The molecule has 15 heteroatoms. The van der Waals surface area contributed by atoms with Crippen LogP contribution in [0.5, 0.6) is 0 Å². The molecule has 3 N–H and O–H groups in total. The van der Waals surface area contributed by atoms with Gasteiger partial charge in [-0.05, 0) is 95.6 Å². The summed E-state index contributed by atoms with van der Waals surface area (Å²) in [6.45, 7) is 8.03. The lowest BCUT2D eigenvalue weighted by Crippen LogP contribution is -2.46. The predicted octanol–water partition coefficient (Wildman–Crippen LogP) is 4.82. The molecule has 5 heterocycles. The Balaban J connectivity index is 0.898. The van der Waals surface area contributed by atoms with Gasteiger partial charge < -0.3 is 30.2 Å². The van der Waals surface area contributed by atoms with Gasteiger partial charge in [0, 0.05) is 105 Å². The molecule has 2 fully saturated rings. The summed E-state index contributed by atoms with van der Waals surface area (Å²) >= 11 is 0. The molecule has 2 saturated heterocycles. The van der Waals surface area contributed by atoms with Gasteiger partial charge in [-0.3, -0.25) is 33.7 Å². The van der Waals surface area contributed by atoms with Crippen molar-refractivity contribution >= 4 is 63.6 Å². The first-order valence-corrected chi connectivity index (χ1v) is 20.5. The molecule has 310 valence electrons. The van der Waals surface area contributed by atoms with Gasteiger partial charge in [0.2, 0.25) is 5.91 Å². The number of carbonyl (C=O) groups excluding carboxylic acids is 5. The molecule has 2 atom stereocenters. The molecule has 15 nitrogen and oxygen atoms in total. The number of pyridine rings is 1. The summed E-state index contributed by atoms with van der Waals surface area (Å²) in [7, 11) is 5.18. The van der Waals surface area contributed by atoms with Crippen molar-refractivity contribution in [3.8, 4) is 0 Å². The molecule has 0 spiro atoms. The molecule has 0 aliphatic carbocycles. The number of aryl methyl sites for hydroxylation is 2. The molecule has 3 amide bonds. The number of nitrogens with zero attached hydrogens (tertiary/aromatic N) is 7. The van der Waals surface area contributed by atoms with Crippen LogP contribution in [-0.4, -0.2) is 131 Å². The number of carbonyl (C=O) groups is 5. The van der Waals surface area contributed by atoms with E-state index in [2.05, 4.69) is 48.4 Å². The molecule has 0 radical (unpaired) electrons. The second-order valence-corrected chi connectivity index (χ2v) is 15.8. The van der Waals surface area contributed by atoms with Gasteiger partial charge >= 0.3 is 0 Å². The first-order chi connectivity index (χ1) is 28.6. The van der Waals surface area contributed by atoms with E-state index in [4.69, 9.17) is 5.10 Å². The number of likely N-dealkylation sites (N-methyl/N-ethyl adjacent to an activating group) is 1. The molecular formula is C44H54N10O5. The highest BCUT2D eigenvalue weighted by Crippen LogP contribution is 2.32. The first kappa shape index (κ1) is 41.2. The second-order valence-electron chi connectivity index (χ2n) is 15.8. The maximum Gasteiger partial charge on any atom is 0.256 e. The Labute approximate surface area is 344 Å². The Bertz CT molecular complexity index is 2340. The van der Waals surface area contributed by atoms with Gasteiger partial charge in [-0.1, -0.05) is 6.07 Å². The van der Waals surface area contributed by atoms with Crippen LogP contribution >= 0.6 is 0 Å². The number of nitrogens with one attached hydrogen (secondary N) is 3. The van der Waals surface area contributed by atoms with Crippen LogP contribution in [0.1, 0.15) is 87.0 Å². The Hall–Kier alpha value is -5.93. The van der Waals surface area contributed by atoms with Gasteiger partial charge in [-0.2, -0.15) is 5.10 Å². The van der Waals surface area contributed by atoms with Gasteiger partial charge in [0.1, 0.15) is 12.1 Å². The number of benzene rings is 2. The maximum absolute atomic E-state index is 13.4. The van der Waals surface area contributed by atoms with Crippen molar-refractivity contribution in [3.63, 3.8) is 0 Å². The van der Waals surface area contributed by atoms with Crippen molar-refractivity contribution in [3.05, 3.63) is 82.8 Å². The number of piperazine rings is 1. The molecule has 2 aromatic carbocycles. The molecule has 0 saturated carbocycles. The monoisotopic (exact) mass is 802 g/mol. The van der Waals surface area contributed by atoms with Gasteiger partial charge in [0.05, 0.1) is 28.3 Å². The largest absolute Gasteiger partial charge is 0.369 e. The van der Waals surface area contributed by atoms with Gasteiger partial charge in [0.25, 0.3) is 11.8 Å². The number of anilines is 2. The molecule has 0 bridgehead atoms. The average Bonchev–Trinajstić information content (AvgIpc) is 3.97. The summed E-state index contributed by atoms with van der Waals surface area (Å²) in [5.41, 5.74) is 5.90. The summed E-state index contributed by atoms with van der Waals surface area (Å²) in [6.07, 6.45) is 7.66. The van der Waals surface area contributed by atoms with Crippen LogP contribution in [0.25, 0.3) is 21.8 Å². The highest BCUT2D eigenvalue weighted by molar-refractivity contribution is 6.06. The average molecular weight is 803 g/mol. The normalized spacial score (nSPS) is 16.7. The zero-order valence-electron chi connectivity index (χ0n) is 34.4. The minimum absolute atomic E-state index is 0.109. The predicted molar refractivity (Wildman–Crippen MR) is 228 cm³/mol. The van der Waals surface area contributed by atoms with Crippen molar-refractivity contribution in [1.82, 2.24) is 39.8 Å². The van der Waals surface area contributed by atoms with Crippen LogP contribution in [0.15, 0.2) is 54.7 Å². The first-order valence-electron chi connectivity index (χ1n) is 20.5. The zero-order chi connectivity index (χ0) is 41.6. The Kier molecular flexibility index (Phi) is 12.8. The third-order valence-electron chi connectivity index (χ3n) is 12.0. The maximum atomic E-state index is 13.4. The second kappa shape index (κ2) is 18.3. The van der Waals surface area contributed by atoms with Crippen molar-refractivity contribution < 1.29 is 24.0 Å². The number of unbranched alkanes of at least 4 members (excludes halogenated alkanes) is 1. The van der Waals surface area contributed by atoms with E-state index >= 15 is 0 Å². The van der Waals surface area contributed by atoms with E-state index < -0.39 is 11.9 Å². The summed E-state index contributed by atoms with van der Waals surface area (Å²) < 4.78 is 2.00. The molecule has 59 heavy (non-hydrogen) atoms. The standard InChI is InChI=1S/C44H54N10O5/c1-29-35-12-9-30(43(58)48-41-25-37-31(26-46-41)23-38(47-37)39-8-7-15-50(39)3)24-40(35)54(49-29)17-6-5-16-52-18-20-53(21-19-52)33-10-13-36(32(22-33)27-55)44(59)51(4)34(28-56)11-14-42(57)45-2/h9-10,12-13,22-28,34,39,47H,5-8,11,14-21H2,1-4H3,(H,45,57)(H,46,48,58)/t34?,39-/m0/s1. The van der Waals surface area contributed by atoms with Crippen LogP contribution in [0.4, 0.5) is 11.5 Å². The van der Waals surface area contributed by atoms with Gasteiger partial charge in [-0.25, -0.2) is 4.98 Å². The Morgan fingerprint density at radius 2 is 1.80 bits per heavy atom. The van der Waals surface area contributed by atoms with Crippen molar-refractivity contribution in [2.24, 2.45) is 0 Å². The third-order valence-corrected chi connectivity index (χ3v) is 12.0. The van der Waals surface area contributed by atoms with Crippen LogP contribution < -0.4 is 15.5 Å². The van der Waals surface area contributed by atoms with E-state index in [0.717, 1.165) is 98.3 Å². The summed E-state index contributed by atoms with van der Waals surface area (Å²) in [5.74, 6) is -0.374. The summed E-state index contributed by atoms with van der Waals surface area (Å²) in [6, 6.07) is 14.6. The van der Waals surface area contributed by atoms with Gasteiger partial charge in [-0.15, -0.1) is 0 Å². The Morgan fingerprint density at radius 3 is 2.53 bits per heavy atom. The number of amides is 3. The van der Waals surface area contributed by atoms with E-state index in [1.807, 2.05) is 48.1 Å². The van der Waals surface area contributed by atoms with E-state index in [1.165, 1.54) is 31.1 Å². The number of aldehydes is 2. The molecule has 5 aromatic rings. The van der Waals surface area contributed by atoms with Crippen molar-refractivity contribution in [2.45, 2.75) is 64.1 Å². The lowest BCUT2D eigenvalue weighted by Gasteiger charge is -2.36. The SMILES string of the molecule is CNC(=O)CCC(C=O)N(C)C(=O)c1ccc(N2CCN(CCCCn3nc(C)c4ccc(C(=O)Nc5cc6[nH]c([C@@H]7CCCN7C)cc6cn5)cc43)CC2)cc1C=O. The fraction of sp³-hybridized carbons (Fsp3) is 0.432. The number of hydrogen-bond acceptors (Lipinski definition) is 10. The van der Waals surface area contributed by atoms with Gasteiger partial charge in [0.15, 0.2) is 6.29 Å². The topological polar surface area (TPSA) is 169 Å². The lowest BCUT2D eigenvalue weighted by molar-refractivity contribution is -0.121. The van der Waals surface area contributed by atoms with Crippen LogP contribution in [-0.2, 0) is 16.1 Å². The van der Waals surface area contributed by atoms with Crippen molar-refractivity contribution in [1.29, 1.82) is 0 Å². The van der Waals surface area contributed by atoms with Crippen LogP contribution in [0.3, 0.4) is 0 Å². The number of aromatic amines is 1. The highest BCUT2D eigenvalue weighted by atomic mass is 16.2. The van der Waals surface area contributed by atoms with E-state index in [9.17, 15) is 24.0 Å². The van der Waals surface area contributed by atoms with E-state index in [0.29, 0.717) is 30.0 Å². The lowest BCUT2D eigenvalue weighted by atomic mass is 10.0. The summed E-state index contributed by atoms with van der Waals surface area (Å²) in [5, 5.41) is 12.4. The number of rotatable bonds is 16. The number of H-pyrrole nitrogens is 1. The fourth-order valence-electron chi connectivity index (χ4n) is 8.40. The fourth-order valence-corrected chi connectivity index (χ4v) is 8.40. The summed E-state index contributed by atoms with van der Waals surface area (Å²) in [4.78, 5) is 78.6. The minimum atomic E-state index is -0.783. The number of fused-ring (bicyclic) bond motifs is 2. The quantitative estimate of drug-likeness (QED) is 0.0930. The molecule has 7 rings (SSSR count). The number of aromatic nitrogens is 4. The highest BCUT2D eigenvalue weighted by Gasteiger charge is 2.26. The third kappa shape index (κ3) is 9.21. The number of likely N-dealkylation sites (tertiary alicyclic amines) is 1. The van der Waals surface area contributed by atoms with E-state index in [-0.39, 0.29) is 35.8 Å². The molecule has 2 aliphatic heterocycles. The minimum Gasteiger partial charge on any atom is -0.369 e. The van der Waals surface area contributed by atoms with Crippen LogP contribution in [0.2, 0.25) is 0 Å². The van der Waals surface area contributed by atoms with Crippen molar-refractivity contribution in [2.75, 3.05) is 70.6 Å². The molecular weight excluding hydrogens is 749 g/mol. The smallest absolute Gasteiger partial charge is 0.256 e. The Morgan fingerprint density at radius 1 is 1.00 bits per heavy atom.